The highest BCUT2D eigenvalue weighted by Crippen LogP contribution is 2.33. The zero-order valence-electron chi connectivity index (χ0n) is 16.4. The Kier molecular flexibility index (Phi) is 6.82. The van der Waals surface area contributed by atoms with Crippen molar-refractivity contribution in [2.75, 3.05) is 0 Å². The van der Waals surface area contributed by atoms with Gasteiger partial charge in [-0.3, -0.25) is 0 Å². The predicted molar refractivity (Wildman–Crippen MR) is 103 cm³/mol. The van der Waals surface area contributed by atoms with Crippen LogP contribution in [-0.4, -0.2) is 22.5 Å². The quantitative estimate of drug-likeness (QED) is 0.367. The van der Waals surface area contributed by atoms with Gasteiger partial charge in [-0.05, 0) is 42.2 Å². The molecule has 0 aliphatic carbocycles. The van der Waals surface area contributed by atoms with Gasteiger partial charge in [0.15, 0.2) is 17.4 Å². The maximum Gasteiger partial charge on any atom is 0.461 e. The van der Waals surface area contributed by atoms with Crippen LogP contribution in [0.4, 0.5) is 26.3 Å². The van der Waals surface area contributed by atoms with Gasteiger partial charge in [0.2, 0.25) is 0 Å². The number of nitrogens with zero attached hydrogens (tertiary/aromatic N) is 2. The fraction of sp³-hybridized carbons (Fsp3) is 0.273. The zero-order chi connectivity index (χ0) is 22.6. The second kappa shape index (κ2) is 9.36. The standard InChI is InChI=1S/C22H18F6N2O/c1-2-3-4-13-11-29-20(30-12-13)15-5-7-16(17(23)10-15)14-6-8-19(18(24)9-14)31-22(27,28)21(25)26/h5-12,21H,2-4H2,1H3. The molecule has 3 aromatic rings. The van der Waals surface area contributed by atoms with Crippen molar-refractivity contribution in [1.82, 2.24) is 9.97 Å². The van der Waals surface area contributed by atoms with Crippen molar-refractivity contribution in [3.8, 4) is 28.3 Å². The molecule has 164 valence electrons. The van der Waals surface area contributed by atoms with Crippen LogP contribution < -0.4 is 4.74 Å². The Morgan fingerprint density at radius 3 is 2.16 bits per heavy atom. The maximum absolute atomic E-state index is 14.6. The Hall–Kier alpha value is -3.10. The third kappa shape index (κ3) is 5.34. The Morgan fingerprint density at radius 1 is 0.935 bits per heavy atom. The van der Waals surface area contributed by atoms with Gasteiger partial charge in [-0.2, -0.15) is 17.6 Å². The minimum Gasteiger partial charge on any atom is -0.425 e. The summed E-state index contributed by atoms with van der Waals surface area (Å²) in [7, 11) is 0. The Balaban J connectivity index is 1.82. The highest BCUT2D eigenvalue weighted by molar-refractivity contribution is 5.69. The monoisotopic (exact) mass is 440 g/mol. The van der Waals surface area contributed by atoms with Crippen LogP contribution in [0.15, 0.2) is 48.8 Å². The highest BCUT2D eigenvalue weighted by Gasteiger charge is 2.44. The zero-order valence-corrected chi connectivity index (χ0v) is 16.4. The van der Waals surface area contributed by atoms with Crippen molar-refractivity contribution < 1.29 is 31.1 Å². The lowest BCUT2D eigenvalue weighted by atomic mass is 10.0. The first-order chi connectivity index (χ1) is 14.7. The number of hydrogen-bond acceptors (Lipinski definition) is 3. The summed E-state index contributed by atoms with van der Waals surface area (Å²) in [6, 6.07) is 6.63. The molecule has 0 fully saturated rings. The van der Waals surface area contributed by atoms with Crippen LogP contribution in [0.1, 0.15) is 25.3 Å². The topological polar surface area (TPSA) is 35.0 Å². The van der Waals surface area contributed by atoms with E-state index in [1.807, 2.05) is 0 Å². The fourth-order valence-electron chi connectivity index (χ4n) is 2.84. The summed E-state index contributed by atoms with van der Waals surface area (Å²) < 4.78 is 82.9. The van der Waals surface area contributed by atoms with E-state index >= 15 is 0 Å². The third-order valence-corrected chi connectivity index (χ3v) is 4.49. The smallest absolute Gasteiger partial charge is 0.425 e. The summed E-state index contributed by atoms with van der Waals surface area (Å²) >= 11 is 0. The highest BCUT2D eigenvalue weighted by atomic mass is 19.3. The first kappa shape index (κ1) is 22.6. The van der Waals surface area contributed by atoms with Crippen LogP contribution in [0.3, 0.4) is 0 Å². The second-order valence-corrected chi connectivity index (χ2v) is 6.82. The molecule has 0 radical (unpaired) electrons. The van der Waals surface area contributed by atoms with E-state index < -0.39 is 29.9 Å². The minimum atomic E-state index is -4.85. The number of alkyl halides is 4. The van der Waals surface area contributed by atoms with E-state index in [2.05, 4.69) is 21.6 Å². The van der Waals surface area contributed by atoms with E-state index in [4.69, 9.17) is 0 Å². The van der Waals surface area contributed by atoms with Crippen LogP contribution in [0.5, 0.6) is 5.75 Å². The molecular formula is C22H18F6N2O. The van der Waals surface area contributed by atoms with Gasteiger partial charge in [0.05, 0.1) is 0 Å². The largest absolute Gasteiger partial charge is 0.461 e. The molecule has 0 saturated heterocycles. The average molecular weight is 440 g/mol. The molecule has 3 rings (SSSR count). The molecule has 0 unspecified atom stereocenters. The molecule has 3 nitrogen and oxygen atoms in total. The van der Waals surface area contributed by atoms with Crippen LogP contribution in [-0.2, 0) is 6.42 Å². The van der Waals surface area contributed by atoms with Gasteiger partial charge >= 0.3 is 12.5 Å². The maximum atomic E-state index is 14.6. The van der Waals surface area contributed by atoms with Crippen molar-refractivity contribution in [1.29, 1.82) is 0 Å². The lowest BCUT2D eigenvalue weighted by Crippen LogP contribution is -2.33. The summed E-state index contributed by atoms with van der Waals surface area (Å²) in [5, 5.41) is 0. The van der Waals surface area contributed by atoms with Crippen LogP contribution >= 0.6 is 0 Å². The Bertz CT molecular complexity index is 1040. The number of hydrogen-bond donors (Lipinski definition) is 0. The van der Waals surface area contributed by atoms with Gasteiger partial charge in [0.1, 0.15) is 5.82 Å². The molecule has 0 N–H and O–H groups in total. The lowest BCUT2D eigenvalue weighted by Gasteiger charge is -2.17. The number of benzene rings is 2. The normalized spacial score (nSPS) is 11.7. The number of halogens is 6. The summed E-state index contributed by atoms with van der Waals surface area (Å²) in [5.74, 6) is -2.80. The molecule has 0 spiro atoms. The van der Waals surface area contributed by atoms with E-state index in [1.165, 1.54) is 18.2 Å². The van der Waals surface area contributed by atoms with Gasteiger partial charge in [-0.1, -0.05) is 31.5 Å². The van der Waals surface area contributed by atoms with Crippen molar-refractivity contribution in [3.63, 3.8) is 0 Å². The molecule has 0 saturated carbocycles. The first-order valence-electron chi connectivity index (χ1n) is 9.47. The fourth-order valence-corrected chi connectivity index (χ4v) is 2.84. The minimum absolute atomic E-state index is 0.0186. The van der Waals surface area contributed by atoms with Crippen LogP contribution in [0, 0.1) is 11.6 Å². The summed E-state index contributed by atoms with van der Waals surface area (Å²) in [6.07, 6.45) is -2.73. The Labute approximate surface area is 174 Å². The van der Waals surface area contributed by atoms with Crippen molar-refractivity contribution in [2.45, 2.75) is 38.7 Å². The van der Waals surface area contributed by atoms with Crippen LogP contribution in [0.25, 0.3) is 22.5 Å². The molecule has 0 amide bonds. The number of rotatable bonds is 8. The van der Waals surface area contributed by atoms with E-state index in [-0.39, 0.29) is 11.1 Å². The van der Waals surface area contributed by atoms with Gasteiger partial charge in [-0.25, -0.2) is 18.7 Å². The predicted octanol–water partition coefficient (Wildman–Crippen LogP) is 6.67. The molecule has 2 aromatic carbocycles. The molecule has 0 bridgehead atoms. The van der Waals surface area contributed by atoms with E-state index in [9.17, 15) is 26.3 Å². The van der Waals surface area contributed by atoms with Crippen molar-refractivity contribution in [2.24, 2.45) is 0 Å². The van der Waals surface area contributed by atoms with Crippen molar-refractivity contribution >= 4 is 0 Å². The third-order valence-electron chi connectivity index (χ3n) is 4.49. The molecule has 9 heteroatoms. The number of aryl methyl sites for hydroxylation is 1. The number of ether oxygens (including phenoxy) is 1. The molecule has 31 heavy (non-hydrogen) atoms. The summed E-state index contributed by atoms with van der Waals surface area (Å²) in [6.45, 7) is 2.07. The summed E-state index contributed by atoms with van der Waals surface area (Å²) in [5.41, 5.74) is 1.37. The first-order valence-corrected chi connectivity index (χ1v) is 9.47. The van der Waals surface area contributed by atoms with Crippen molar-refractivity contribution in [3.05, 3.63) is 66.0 Å². The summed E-state index contributed by atoms with van der Waals surface area (Å²) in [4.78, 5) is 8.47. The molecule has 0 aliphatic heterocycles. The molecular weight excluding hydrogens is 422 g/mol. The molecule has 1 heterocycles. The number of unbranched alkanes of at least 4 members (excludes halogenated alkanes) is 1. The molecule has 0 aliphatic rings. The SMILES string of the molecule is CCCCc1cnc(-c2ccc(-c3ccc(OC(F)(F)C(F)F)c(F)c3)c(F)c2)nc1. The average Bonchev–Trinajstić information content (AvgIpc) is 2.74. The van der Waals surface area contributed by atoms with E-state index in [0.29, 0.717) is 11.4 Å². The van der Waals surface area contributed by atoms with Gasteiger partial charge in [0, 0.05) is 23.5 Å². The van der Waals surface area contributed by atoms with E-state index in [0.717, 1.165) is 43.0 Å². The lowest BCUT2D eigenvalue weighted by molar-refractivity contribution is -0.254. The second-order valence-electron chi connectivity index (χ2n) is 6.82. The van der Waals surface area contributed by atoms with Crippen LogP contribution in [0.2, 0.25) is 0 Å². The molecule has 1 aromatic heterocycles. The van der Waals surface area contributed by atoms with Gasteiger partial charge < -0.3 is 4.74 Å². The molecule has 0 atom stereocenters. The van der Waals surface area contributed by atoms with Gasteiger partial charge in [0.25, 0.3) is 0 Å². The number of aromatic nitrogens is 2. The Morgan fingerprint density at radius 2 is 1.58 bits per heavy atom. The van der Waals surface area contributed by atoms with Gasteiger partial charge in [-0.15, -0.1) is 0 Å². The van der Waals surface area contributed by atoms with E-state index in [1.54, 1.807) is 12.4 Å².